The normalized spacial score (nSPS) is 15.2. The molecule has 0 aliphatic heterocycles. The van der Waals surface area contributed by atoms with E-state index in [2.05, 4.69) is 42.3 Å². The van der Waals surface area contributed by atoms with Crippen molar-refractivity contribution in [2.24, 2.45) is 5.92 Å². The molecule has 4 nitrogen and oxygen atoms in total. The van der Waals surface area contributed by atoms with Gasteiger partial charge in [0.2, 0.25) is 5.91 Å². The highest BCUT2D eigenvalue weighted by atomic mass is 16.1. The number of carbonyl (C=O) groups excluding carboxylic acids is 1. The van der Waals surface area contributed by atoms with Crippen LogP contribution in [0.2, 0.25) is 0 Å². The minimum atomic E-state index is 0.104. The van der Waals surface area contributed by atoms with Crippen molar-refractivity contribution in [2.45, 2.75) is 45.6 Å². The summed E-state index contributed by atoms with van der Waals surface area (Å²) in [4.78, 5) is 17.0. The second kappa shape index (κ2) is 6.94. The molecular formula is C22H25N3O. The summed E-state index contributed by atoms with van der Waals surface area (Å²) in [5.41, 5.74) is 4.95. The van der Waals surface area contributed by atoms with Crippen molar-refractivity contribution in [1.82, 2.24) is 14.7 Å². The number of imidazole rings is 1. The second-order valence-corrected chi connectivity index (χ2v) is 7.44. The molecule has 1 saturated carbocycles. The standard InChI is InChI=1S/C22H25N3O/c1-15-6-7-18(11-16(15)2)20(17-8-9-17)12-22(26)24-14-21-23-13-19-5-3-4-10-25(19)21/h3-7,10-11,13,17,20H,8-9,12,14H2,1-2H3,(H,24,26). The van der Waals surface area contributed by atoms with Gasteiger partial charge in [-0.3, -0.25) is 4.79 Å². The third-order valence-electron chi connectivity index (χ3n) is 5.51. The van der Waals surface area contributed by atoms with Gasteiger partial charge in [0.15, 0.2) is 0 Å². The minimum absolute atomic E-state index is 0.104. The molecule has 0 saturated heterocycles. The van der Waals surface area contributed by atoms with Crippen molar-refractivity contribution >= 4 is 11.4 Å². The number of pyridine rings is 1. The fourth-order valence-electron chi connectivity index (χ4n) is 3.63. The predicted octanol–water partition coefficient (Wildman–Crippen LogP) is 4.15. The van der Waals surface area contributed by atoms with Crippen LogP contribution in [-0.4, -0.2) is 15.3 Å². The largest absolute Gasteiger partial charge is 0.349 e. The van der Waals surface area contributed by atoms with E-state index in [0.29, 0.717) is 24.8 Å². The first-order valence-corrected chi connectivity index (χ1v) is 9.36. The Labute approximate surface area is 154 Å². The Bertz CT molecular complexity index is 939. The van der Waals surface area contributed by atoms with Crippen molar-refractivity contribution in [3.63, 3.8) is 0 Å². The third kappa shape index (κ3) is 3.50. The fraction of sp³-hybridized carbons (Fsp3) is 0.364. The van der Waals surface area contributed by atoms with Gasteiger partial charge < -0.3 is 9.72 Å². The topological polar surface area (TPSA) is 46.4 Å². The van der Waals surface area contributed by atoms with Gasteiger partial charge in [0.05, 0.1) is 18.3 Å². The highest BCUT2D eigenvalue weighted by Crippen LogP contribution is 2.44. The van der Waals surface area contributed by atoms with Crippen molar-refractivity contribution < 1.29 is 4.79 Å². The van der Waals surface area contributed by atoms with Gasteiger partial charge in [-0.15, -0.1) is 0 Å². The molecule has 2 heterocycles. The summed E-state index contributed by atoms with van der Waals surface area (Å²) >= 11 is 0. The summed E-state index contributed by atoms with van der Waals surface area (Å²) in [6, 6.07) is 12.6. The highest BCUT2D eigenvalue weighted by Gasteiger charge is 2.33. The Morgan fingerprint density at radius 1 is 1.23 bits per heavy atom. The zero-order chi connectivity index (χ0) is 18.1. The predicted molar refractivity (Wildman–Crippen MR) is 103 cm³/mol. The number of nitrogens with zero attached hydrogens (tertiary/aromatic N) is 2. The lowest BCUT2D eigenvalue weighted by atomic mass is 9.89. The molecular weight excluding hydrogens is 322 g/mol. The number of hydrogen-bond donors (Lipinski definition) is 1. The van der Waals surface area contributed by atoms with Gasteiger partial charge in [-0.2, -0.15) is 0 Å². The van der Waals surface area contributed by atoms with Crippen molar-refractivity contribution in [3.05, 3.63) is 71.3 Å². The number of nitrogens with one attached hydrogen (secondary N) is 1. The fourth-order valence-corrected chi connectivity index (χ4v) is 3.63. The van der Waals surface area contributed by atoms with E-state index < -0.39 is 0 Å². The second-order valence-electron chi connectivity index (χ2n) is 7.44. The van der Waals surface area contributed by atoms with Crippen LogP contribution in [0.1, 0.15) is 47.7 Å². The Kier molecular flexibility index (Phi) is 4.49. The van der Waals surface area contributed by atoms with Gasteiger partial charge in [-0.05, 0) is 67.3 Å². The SMILES string of the molecule is Cc1ccc(C(CC(=O)NCc2ncc3ccccn23)C2CC2)cc1C. The van der Waals surface area contributed by atoms with E-state index in [0.717, 1.165) is 11.3 Å². The zero-order valence-electron chi connectivity index (χ0n) is 15.4. The van der Waals surface area contributed by atoms with Gasteiger partial charge >= 0.3 is 0 Å². The first-order valence-electron chi connectivity index (χ1n) is 9.36. The van der Waals surface area contributed by atoms with E-state index in [1.54, 1.807) is 0 Å². The molecule has 1 unspecified atom stereocenters. The average molecular weight is 347 g/mol. The third-order valence-corrected chi connectivity index (χ3v) is 5.51. The number of carbonyl (C=O) groups is 1. The van der Waals surface area contributed by atoms with Crippen molar-refractivity contribution in [3.8, 4) is 0 Å². The Balaban J connectivity index is 1.43. The number of hydrogen-bond acceptors (Lipinski definition) is 2. The summed E-state index contributed by atoms with van der Waals surface area (Å²) in [5.74, 6) is 1.94. The molecule has 3 aromatic rings. The van der Waals surface area contributed by atoms with Crippen LogP contribution in [0.4, 0.5) is 0 Å². The molecule has 0 bridgehead atoms. The molecule has 1 aliphatic carbocycles. The lowest BCUT2D eigenvalue weighted by molar-refractivity contribution is -0.121. The molecule has 1 aliphatic rings. The number of rotatable bonds is 6. The first-order chi connectivity index (χ1) is 12.6. The van der Waals surface area contributed by atoms with Gasteiger partial charge in [-0.25, -0.2) is 4.98 Å². The number of amides is 1. The van der Waals surface area contributed by atoms with E-state index in [9.17, 15) is 4.79 Å². The molecule has 1 N–H and O–H groups in total. The molecule has 1 atom stereocenters. The van der Waals surface area contributed by atoms with Crippen LogP contribution >= 0.6 is 0 Å². The van der Waals surface area contributed by atoms with Crippen LogP contribution in [0.5, 0.6) is 0 Å². The Hall–Kier alpha value is -2.62. The van der Waals surface area contributed by atoms with Gasteiger partial charge in [0, 0.05) is 12.6 Å². The lowest BCUT2D eigenvalue weighted by Gasteiger charge is -2.18. The Morgan fingerprint density at radius 3 is 2.85 bits per heavy atom. The van der Waals surface area contributed by atoms with E-state index in [4.69, 9.17) is 0 Å². The maximum atomic E-state index is 12.6. The molecule has 26 heavy (non-hydrogen) atoms. The maximum Gasteiger partial charge on any atom is 0.220 e. The average Bonchev–Trinajstić information content (AvgIpc) is 3.40. The van der Waals surface area contributed by atoms with Crippen molar-refractivity contribution in [1.29, 1.82) is 0 Å². The van der Waals surface area contributed by atoms with E-state index >= 15 is 0 Å². The van der Waals surface area contributed by atoms with Crippen LogP contribution in [-0.2, 0) is 11.3 Å². The number of aryl methyl sites for hydroxylation is 2. The quantitative estimate of drug-likeness (QED) is 0.728. The summed E-state index contributed by atoms with van der Waals surface area (Å²) in [7, 11) is 0. The van der Waals surface area contributed by atoms with E-state index in [-0.39, 0.29) is 5.91 Å². The Morgan fingerprint density at radius 2 is 2.08 bits per heavy atom. The van der Waals surface area contributed by atoms with Gasteiger partial charge in [0.25, 0.3) is 0 Å². The number of aromatic nitrogens is 2. The zero-order valence-corrected chi connectivity index (χ0v) is 15.4. The summed E-state index contributed by atoms with van der Waals surface area (Å²) in [5, 5.41) is 3.06. The molecule has 2 aromatic heterocycles. The van der Waals surface area contributed by atoms with Crippen LogP contribution in [0, 0.1) is 19.8 Å². The van der Waals surface area contributed by atoms with Crippen molar-refractivity contribution in [2.75, 3.05) is 0 Å². The molecule has 0 radical (unpaired) electrons. The molecule has 4 heteroatoms. The molecule has 0 spiro atoms. The van der Waals surface area contributed by atoms with Gasteiger partial charge in [0.1, 0.15) is 5.82 Å². The lowest BCUT2D eigenvalue weighted by Crippen LogP contribution is -2.26. The molecule has 4 rings (SSSR count). The smallest absolute Gasteiger partial charge is 0.220 e. The van der Waals surface area contributed by atoms with E-state index in [1.165, 1.54) is 29.5 Å². The molecule has 1 amide bonds. The van der Waals surface area contributed by atoms with Gasteiger partial charge in [-0.1, -0.05) is 24.3 Å². The summed E-state index contributed by atoms with van der Waals surface area (Å²) in [6.07, 6.45) is 6.83. The molecule has 134 valence electrons. The van der Waals surface area contributed by atoms with Crippen LogP contribution in [0.25, 0.3) is 5.52 Å². The van der Waals surface area contributed by atoms with Crippen LogP contribution in [0.15, 0.2) is 48.8 Å². The highest BCUT2D eigenvalue weighted by molar-refractivity contribution is 5.77. The monoisotopic (exact) mass is 347 g/mol. The van der Waals surface area contributed by atoms with Crippen LogP contribution < -0.4 is 5.32 Å². The number of benzene rings is 1. The maximum absolute atomic E-state index is 12.6. The molecule has 1 aromatic carbocycles. The van der Waals surface area contributed by atoms with Crippen LogP contribution in [0.3, 0.4) is 0 Å². The summed E-state index contributed by atoms with van der Waals surface area (Å²) in [6.45, 7) is 4.74. The molecule has 1 fully saturated rings. The minimum Gasteiger partial charge on any atom is -0.349 e. The first kappa shape index (κ1) is 16.8. The number of fused-ring (bicyclic) bond motifs is 1. The van der Waals surface area contributed by atoms with E-state index in [1.807, 2.05) is 35.0 Å². The summed E-state index contributed by atoms with van der Waals surface area (Å²) < 4.78 is 2.02.